The molecule has 0 spiro atoms. The van der Waals surface area contributed by atoms with Crippen LogP contribution >= 0.6 is 0 Å². The monoisotopic (exact) mass is 511 g/mol. The van der Waals surface area contributed by atoms with E-state index in [2.05, 4.69) is 22.5 Å². The van der Waals surface area contributed by atoms with Crippen LogP contribution in [0.15, 0.2) is 53.3 Å². The molecule has 0 unspecified atom stereocenters. The van der Waals surface area contributed by atoms with Gasteiger partial charge in [0.1, 0.15) is 6.54 Å². The van der Waals surface area contributed by atoms with Crippen molar-refractivity contribution in [3.05, 3.63) is 81.3 Å². The van der Waals surface area contributed by atoms with Crippen LogP contribution < -0.4 is 10.9 Å². The molecule has 0 radical (unpaired) electrons. The van der Waals surface area contributed by atoms with Crippen molar-refractivity contribution in [1.82, 2.24) is 19.2 Å². The molecule has 2 aliphatic rings. The average molecular weight is 512 g/mol. The van der Waals surface area contributed by atoms with Crippen molar-refractivity contribution < 1.29 is 9.90 Å². The van der Waals surface area contributed by atoms with Crippen molar-refractivity contribution in [1.29, 1.82) is 0 Å². The minimum Gasteiger partial charge on any atom is -0.395 e. The number of aliphatic hydroxyl groups excluding tert-OH is 1. The summed E-state index contributed by atoms with van der Waals surface area (Å²) in [5.74, 6) is 1.18. The maximum absolute atomic E-state index is 13.4. The van der Waals surface area contributed by atoms with Crippen molar-refractivity contribution in [2.75, 3.05) is 11.9 Å². The SMILES string of the molecule is Cc1c(C(C)C)c(=O)n2nc(-c3ccc(C4(CO)CC4)cc3)nc2n1CC(=O)Nc1ccc(C2CC2)cc1. The predicted molar refractivity (Wildman–Crippen MR) is 147 cm³/mol. The average Bonchev–Trinajstić information content (AvgIpc) is 3.84. The first-order chi connectivity index (χ1) is 18.3. The van der Waals surface area contributed by atoms with Gasteiger partial charge in [-0.2, -0.15) is 9.50 Å². The summed E-state index contributed by atoms with van der Waals surface area (Å²) < 4.78 is 3.10. The minimum absolute atomic E-state index is 0.00972. The standard InChI is InChI=1S/C30H33N5O3/c1-18(2)26-19(3)34(16-25(37)31-24-12-8-21(9-13-24)20-4-5-20)29-32-27(33-35(29)28(26)38)22-6-10-23(11-7-22)30(17-36)14-15-30/h6-13,18,20,36H,4-5,14-17H2,1-3H3,(H,31,37). The molecule has 2 fully saturated rings. The lowest BCUT2D eigenvalue weighted by Gasteiger charge is -2.17. The Bertz CT molecular complexity index is 1570. The second kappa shape index (κ2) is 9.20. The van der Waals surface area contributed by atoms with Crippen molar-refractivity contribution in [3.63, 3.8) is 0 Å². The number of nitrogens with one attached hydrogen (secondary N) is 1. The van der Waals surface area contributed by atoms with Crippen molar-refractivity contribution >= 4 is 17.4 Å². The Morgan fingerprint density at radius 3 is 2.37 bits per heavy atom. The van der Waals surface area contributed by atoms with E-state index in [1.807, 2.05) is 57.2 Å². The van der Waals surface area contributed by atoms with E-state index >= 15 is 0 Å². The molecule has 8 nitrogen and oxygen atoms in total. The number of aliphatic hydroxyl groups is 1. The number of hydrogen-bond donors (Lipinski definition) is 2. The molecule has 0 atom stereocenters. The highest BCUT2D eigenvalue weighted by atomic mass is 16.3. The number of amides is 1. The number of rotatable bonds is 8. The molecule has 2 aromatic carbocycles. The van der Waals surface area contributed by atoms with Gasteiger partial charge in [-0.05, 0) is 67.7 Å². The van der Waals surface area contributed by atoms with Crippen LogP contribution in [0.5, 0.6) is 0 Å². The number of hydrogen-bond acceptors (Lipinski definition) is 5. The first-order valence-corrected chi connectivity index (χ1v) is 13.4. The summed E-state index contributed by atoms with van der Waals surface area (Å²) >= 11 is 0. The smallest absolute Gasteiger partial charge is 0.279 e. The molecule has 2 heterocycles. The van der Waals surface area contributed by atoms with Crippen LogP contribution in [0.4, 0.5) is 5.69 Å². The van der Waals surface area contributed by atoms with Gasteiger partial charge in [-0.3, -0.25) is 9.59 Å². The van der Waals surface area contributed by atoms with Gasteiger partial charge in [-0.15, -0.1) is 5.10 Å². The van der Waals surface area contributed by atoms with Crippen LogP contribution in [-0.2, 0) is 16.8 Å². The van der Waals surface area contributed by atoms with Gasteiger partial charge in [-0.25, -0.2) is 0 Å². The molecule has 0 aliphatic heterocycles. The molecule has 2 aliphatic carbocycles. The van der Waals surface area contributed by atoms with Gasteiger partial charge in [0.2, 0.25) is 11.7 Å². The summed E-state index contributed by atoms with van der Waals surface area (Å²) in [6, 6.07) is 15.9. The Kier molecular flexibility index (Phi) is 5.94. The lowest BCUT2D eigenvalue weighted by Crippen LogP contribution is -2.29. The topological polar surface area (TPSA) is 102 Å². The molecular weight excluding hydrogens is 478 g/mol. The Morgan fingerprint density at radius 1 is 1.11 bits per heavy atom. The van der Waals surface area contributed by atoms with E-state index < -0.39 is 0 Å². The van der Waals surface area contributed by atoms with Crippen molar-refractivity contribution in [3.8, 4) is 11.4 Å². The zero-order valence-corrected chi connectivity index (χ0v) is 22.1. The van der Waals surface area contributed by atoms with Crippen LogP contribution in [0, 0.1) is 6.92 Å². The van der Waals surface area contributed by atoms with E-state index in [1.54, 1.807) is 4.57 Å². The zero-order valence-electron chi connectivity index (χ0n) is 22.1. The highest BCUT2D eigenvalue weighted by molar-refractivity contribution is 5.90. The molecule has 4 aromatic rings. The highest BCUT2D eigenvalue weighted by Crippen LogP contribution is 2.47. The molecule has 2 saturated carbocycles. The molecule has 8 heteroatoms. The van der Waals surface area contributed by atoms with Gasteiger partial charge in [0.05, 0.1) is 6.61 Å². The van der Waals surface area contributed by atoms with Gasteiger partial charge < -0.3 is 15.0 Å². The van der Waals surface area contributed by atoms with Crippen LogP contribution in [0.25, 0.3) is 17.2 Å². The molecule has 0 saturated heterocycles. The van der Waals surface area contributed by atoms with E-state index in [9.17, 15) is 14.7 Å². The third-order valence-electron chi connectivity index (χ3n) is 8.08. The van der Waals surface area contributed by atoms with Crippen LogP contribution in [0.1, 0.15) is 73.8 Å². The molecule has 38 heavy (non-hydrogen) atoms. The van der Waals surface area contributed by atoms with Gasteiger partial charge in [0.25, 0.3) is 5.56 Å². The fourth-order valence-electron chi connectivity index (χ4n) is 5.42. The number of aromatic nitrogens is 4. The Balaban J connectivity index is 1.34. The third kappa shape index (κ3) is 4.32. The van der Waals surface area contributed by atoms with E-state index in [4.69, 9.17) is 4.98 Å². The summed E-state index contributed by atoms with van der Waals surface area (Å²) in [4.78, 5) is 31.3. The Hall–Kier alpha value is -3.78. The summed E-state index contributed by atoms with van der Waals surface area (Å²) in [6.07, 6.45) is 4.44. The van der Waals surface area contributed by atoms with Gasteiger partial charge in [0.15, 0.2) is 5.82 Å². The first-order valence-electron chi connectivity index (χ1n) is 13.4. The summed E-state index contributed by atoms with van der Waals surface area (Å²) in [6.45, 7) is 5.94. The molecule has 0 bridgehead atoms. The summed E-state index contributed by atoms with van der Waals surface area (Å²) in [7, 11) is 0. The lowest BCUT2D eigenvalue weighted by molar-refractivity contribution is -0.116. The normalized spacial score (nSPS) is 16.2. The number of fused-ring (bicyclic) bond motifs is 1. The predicted octanol–water partition coefficient (Wildman–Crippen LogP) is 4.53. The fourth-order valence-corrected chi connectivity index (χ4v) is 5.42. The zero-order chi connectivity index (χ0) is 26.6. The highest BCUT2D eigenvalue weighted by Gasteiger charge is 2.43. The van der Waals surface area contributed by atoms with E-state index in [0.29, 0.717) is 28.8 Å². The van der Waals surface area contributed by atoms with E-state index in [0.717, 1.165) is 29.7 Å². The van der Waals surface area contributed by atoms with E-state index in [-0.39, 0.29) is 36.0 Å². The minimum atomic E-state index is -0.215. The van der Waals surface area contributed by atoms with Gasteiger partial charge >= 0.3 is 0 Å². The second-order valence-electron chi connectivity index (χ2n) is 11.2. The maximum Gasteiger partial charge on any atom is 0.279 e. The Morgan fingerprint density at radius 2 is 1.79 bits per heavy atom. The Labute approximate surface area is 221 Å². The van der Waals surface area contributed by atoms with Crippen LogP contribution in [0.3, 0.4) is 0 Å². The molecular formula is C30H33N5O3. The molecule has 2 aromatic heterocycles. The lowest BCUT2D eigenvalue weighted by atomic mass is 9.96. The van der Waals surface area contributed by atoms with Crippen LogP contribution in [0.2, 0.25) is 0 Å². The fraction of sp³-hybridized carbons (Fsp3) is 0.400. The molecule has 2 N–H and O–H groups in total. The number of anilines is 1. The second-order valence-corrected chi connectivity index (χ2v) is 11.2. The largest absolute Gasteiger partial charge is 0.395 e. The van der Waals surface area contributed by atoms with E-state index in [1.165, 1.54) is 22.9 Å². The van der Waals surface area contributed by atoms with Gasteiger partial charge in [-0.1, -0.05) is 50.2 Å². The third-order valence-corrected chi connectivity index (χ3v) is 8.08. The number of benzene rings is 2. The number of carbonyl (C=O) groups excluding carboxylic acids is 1. The molecule has 1 amide bonds. The molecule has 6 rings (SSSR count). The quantitative estimate of drug-likeness (QED) is 0.362. The van der Waals surface area contributed by atoms with Crippen LogP contribution in [-0.4, -0.2) is 36.8 Å². The molecule has 196 valence electrons. The summed E-state index contributed by atoms with van der Waals surface area (Å²) in [5.41, 5.74) is 4.94. The number of nitrogens with zero attached hydrogens (tertiary/aromatic N) is 4. The van der Waals surface area contributed by atoms with Gasteiger partial charge in [0, 0.05) is 27.9 Å². The summed E-state index contributed by atoms with van der Waals surface area (Å²) in [5, 5.41) is 17.3. The first kappa shape index (κ1) is 24.6. The number of carbonyl (C=O) groups is 1. The van der Waals surface area contributed by atoms with Crippen molar-refractivity contribution in [2.45, 2.75) is 70.3 Å². The van der Waals surface area contributed by atoms with Crippen molar-refractivity contribution in [2.24, 2.45) is 0 Å². The maximum atomic E-state index is 13.4.